The normalized spacial score (nSPS) is 22.2. The van der Waals surface area contributed by atoms with Crippen molar-refractivity contribution in [1.29, 1.82) is 0 Å². The van der Waals surface area contributed by atoms with Crippen LogP contribution in [0.15, 0.2) is 52.1 Å². The lowest BCUT2D eigenvalue weighted by atomic mass is 10.1. The van der Waals surface area contributed by atoms with E-state index < -0.39 is 66.2 Å². The molecule has 0 aromatic heterocycles. The topological polar surface area (TPSA) is 118 Å². The van der Waals surface area contributed by atoms with Crippen LogP contribution in [0.4, 0.5) is 5.69 Å². The lowest BCUT2D eigenvalue weighted by molar-refractivity contribution is 0.555. The molecule has 1 atom stereocenters. The number of benzene rings is 2. The van der Waals surface area contributed by atoms with Gasteiger partial charge in [-0.3, -0.25) is 0 Å². The summed E-state index contributed by atoms with van der Waals surface area (Å²) in [6, 6.07) is -0.640. The Bertz CT molecular complexity index is 1230. The van der Waals surface area contributed by atoms with Crippen molar-refractivity contribution >= 4 is 37.3 Å². The zero-order valence-electron chi connectivity index (χ0n) is 16.8. The van der Waals surface area contributed by atoms with Crippen LogP contribution in [-0.2, 0) is 26.5 Å². The van der Waals surface area contributed by atoms with Gasteiger partial charge in [0.2, 0.25) is 20.0 Å². The molecule has 0 saturated carbocycles. The molecule has 0 aliphatic carbocycles. The molecular weight excluding hydrogens is 374 g/mol. The fourth-order valence-corrected chi connectivity index (χ4v) is 4.73. The SMILES string of the molecule is [2H]c1c([2H])c([2H])c(CC2Nc3cc(Cl)c(S(N)(=O)=O)cc3S(=O)(=O)N2)c([2H])c1[2H]. The summed E-state index contributed by atoms with van der Waals surface area (Å²) in [7, 11) is -8.47. The van der Waals surface area contributed by atoms with Gasteiger partial charge in [-0.2, -0.15) is 4.72 Å². The van der Waals surface area contributed by atoms with Crippen LogP contribution in [0.5, 0.6) is 0 Å². The van der Waals surface area contributed by atoms with E-state index in [1.54, 1.807) is 0 Å². The van der Waals surface area contributed by atoms with Crippen LogP contribution >= 0.6 is 11.6 Å². The van der Waals surface area contributed by atoms with Crippen molar-refractivity contribution < 1.29 is 23.7 Å². The lowest BCUT2D eigenvalue weighted by Gasteiger charge is -2.28. The summed E-state index contributed by atoms with van der Waals surface area (Å²) in [4.78, 5) is -0.961. The van der Waals surface area contributed by atoms with E-state index in [2.05, 4.69) is 10.0 Å². The van der Waals surface area contributed by atoms with Crippen molar-refractivity contribution in [3.8, 4) is 0 Å². The molecular formula is C14H14ClN3O4S2. The molecule has 2 aromatic carbocycles. The van der Waals surface area contributed by atoms with Crippen LogP contribution in [0.1, 0.15) is 12.4 Å². The summed E-state index contributed by atoms with van der Waals surface area (Å²) >= 11 is 5.91. The molecule has 1 heterocycles. The molecule has 0 fully saturated rings. The molecule has 3 rings (SSSR count). The van der Waals surface area contributed by atoms with Gasteiger partial charge in [0.1, 0.15) is 9.79 Å². The quantitative estimate of drug-likeness (QED) is 0.726. The summed E-state index contributed by atoms with van der Waals surface area (Å²) in [5.41, 5.74) is -0.106. The molecule has 2 aromatic rings. The first-order valence-corrected chi connectivity index (χ1v) is 9.86. The standard InChI is InChI=1S/C14H14ClN3O4S2/c15-10-7-11-13(8-12(10)23(16,19)20)24(21,22)18-14(17-11)6-9-4-2-1-3-5-9/h1-5,7-8,14,17-18H,6H2,(H2,16,19,20)/i1D,2D,3D,4D,5D. The maximum absolute atomic E-state index is 12.6. The van der Waals surface area contributed by atoms with Gasteiger partial charge in [-0.05, 0) is 17.7 Å². The number of halogens is 1. The number of anilines is 1. The second-order valence-electron chi connectivity index (χ2n) is 4.95. The molecule has 10 heteroatoms. The first kappa shape index (κ1) is 11.8. The van der Waals surface area contributed by atoms with Gasteiger partial charge in [0.15, 0.2) is 0 Å². The molecule has 1 aliphatic heterocycles. The van der Waals surface area contributed by atoms with Crippen molar-refractivity contribution in [2.45, 2.75) is 22.4 Å². The van der Waals surface area contributed by atoms with Gasteiger partial charge in [0.05, 0.1) is 23.7 Å². The highest BCUT2D eigenvalue weighted by atomic mass is 35.5. The Morgan fingerprint density at radius 3 is 2.54 bits per heavy atom. The fraction of sp³-hybridized carbons (Fsp3) is 0.143. The van der Waals surface area contributed by atoms with E-state index in [1.165, 1.54) is 0 Å². The van der Waals surface area contributed by atoms with Gasteiger partial charge in [0.25, 0.3) is 0 Å². The zero-order valence-corrected chi connectivity index (χ0v) is 14.2. The Hall–Kier alpha value is -1.65. The van der Waals surface area contributed by atoms with Gasteiger partial charge in [-0.15, -0.1) is 0 Å². The summed E-state index contributed by atoms with van der Waals surface area (Å²) in [6.07, 6.45) is -1.35. The summed E-state index contributed by atoms with van der Waals surface area (Å²) in [5.74, 6) is 0. The monoisotopic (exact) mass is 392 g/mol. The molecule has 0 radical (unpaired) electrons. The molecule has 0 saturated heterocycles. The predicted octanol–water partition coefficient (Wildman–Crippen LogP) is 1.26. The van der Waals surface area contributed by atoms with E-state index in [4.69, 9.17) is 23.6 Å². The third-order valence-electron chi connectivity index (χ3n) is 3.22. The van der Waals surface area contributed by atoms with Crippen LogP contribution in [0.3, 0.4) is 0 Å². The number of fused-ring (bicyclic) bond motifs is 1. The molecule has 128 valence electrons. The average molecular weight is 393 g/mol. The Labute approximate surface area is 152 Å². The Morgan fingerprint density at radius 2 is 1.92 bits per heavy atom. The molecule has 24 heavy (non-hydrogen) atoms. The number of primary sulfonamides is 1. The third-order valence-corrected chi connectivity index (χ3v) is 6.10. The van der Waals surface area contributed by atoms with Crippen molar-refractivity contribution in [3.05, 3.63) is 52.9 Å². The van der Waals surface area contributed by atoms with E-state index in [-0.39, 0.29) is 22.7 Å². The van der Waals surface area contributed by atoms with Crippen molar-refractivity contribution in [2.24, 2.45) is 5.14 Å². The third kappa shape index (κ3) is 3.40. The number of sulfonamides is 2. The molecule has 0 spiro atoms. The highest BCUT2D eigenvalue weighted by molar-refractivity contribution is 7.90. The van der Waals surface area contributed by atoms with E-state index in [9.17, 15) is 16.8 Å². The van der Waals surface area contributed by atoms with Gasteiger partial charge >= 0.3 is 0 Å². The minimum Gasteiger partial charge on any atom is -0.367 e. The van der Waals surface area contributed by atoms with E-state index in [1.807, 2.05) is 0 Å². The van der Waals surface area contributed by atoms with Crippen LogP contribution < -0.4 is 15.2 Å². The van der Waals surface area contributed by atoms with E-state index in [0.717, 1.165) is 12.1 Å². The predicted molar refractivity (Wildman–Crippen MR) is 90.7 cm³/mol. The Balaban J connectivity index is 2.06. The van der Waals surface area contributed by atoms with Crippen molar-refractivity contribution in [3.63, 3.8) is 0 Å². The number of hydrogen-bond acceptors (Lipinski definition) is 5. The molecule has 0 bridgehead atoms. The second kappa shape index (κ2) is 6.01. The van der Waals surface area contributed by atoms with Crippen molar-refractivity contribution in [2.75, 3.05) is 5.32 Å². The minimum atomic E-state index is -4.27. The Kier molecular flexibility index (Phi) is 2.96. The van der Waals surface area contributed by atoms with Crippen LogP contribution in [0.2, 0.25) is 5.02 Å². The maximum Gasteiger partial charge on any atom is 0.244 e. The highest BCUT2D eigenvalue weighted by Crippen LogP contribution is 2.33. The fourth-order valence-electron chi connectivity index (χ4n) is 2.23. The zero-order chi connectivity index (χ0) is 21.9. The van der Waals surface area contributed by atoms with Gasteiger partial charge in [-0.25, -0.2) is 22.0 Å². The molecule has 4 N–H and O–H groups in total. The first-order chi connectivity index (χ1) is 13.2. The largest absolute Gasteiger partial charge is 0.367 e. The summed E-state index contributed by atoms with van der Waals surface area (Å²) in [6.45, 7) is 0. The first-order valence-electron chi connectivity index (χ1n) is 8.95. The lowest BCUT2D eigenvalue weighted by Crippen LogP contribution is -2.46. The second-order valence-corrected chi connectivity index (χ2v) is 8.57. The van der Waals surface area contributed by atoms with Crippen LogP contribution in [0.25, 0.3) is 0 Å². The van der Waals surface area contributed by atoms with E-state index >= 15 is 0 Å². The van der Waals surface area contributed by atoms with Gasteiger partial charge in [0, 0.05) is 6.42 Å². The minimum absolute atomic E-state index is 0.0153. The smallest absolute Gasteiger partial charge is 0.244 e. The highest BCUT2D eigenvalue weighted by Gasteiger charge is 2.31. The Morgan fingerprint density at radius 1 is 1.25 bits per heavy atom. The molecule has 0 amide bonds. The number of hydrogen-bond donors (Lipinski definition) is 3. The number of nitrogens with two attached hydrogens (primary N) is 1. The average Bonchev–Trinajstić information content (AvgIpc) is 2.59. The number of nitrogens with one attached hydrogen (secondary N) is 2. The molecule has 1 unspecified atom stereocenters. The summed E-state index contributed by atoms with van der Waals surface area (Å²) < 4.78 is 89.5. The van der Waals surface area contributed by atoms with Crippen LogP contribution in [0, 0.1) is 0 Å². The maximum atomic E-state index is 12.6. The number of rotatable bonds is 3. The van der Waals surface area contributed by atoms with Crippen LogP contribution in [-0.4, -0.2) is 23.0 Å². The van der Waals surface area contributed by atoms with Crippen molar-refractivity contribution in [1.82, 2.24) is 4.72 Å². The van der Waals surface area contributed by atoms with Gasteiger partial charge < -0.3 is 5.32 Å². The van der Waals surface area contributed by atoms with E-state index in [0.29, 0.717) is 0 Å². The summed E-state index contributed by atoms with van der Waals surface area (Å²) in [5, 5.41) is 7.53. The van der Waals surface area contributed by atoms with Gasteiger partial charge in [-0.1, -0.05) is 41.8 Å². The molecule has 7 nitrogen and oxygen atoms in total. The molecule has 1 aliphatic rings.